The summed E-state index contributed by atoms with van der Waals surface area (Å²) in [5.74, 6) is 1.22. The van der Waals surface area contributed by atoms with E-state index in [9.17, 15) is 0 Å². The van der Waals surface area contributed by atoms with Gasteiger partial charge in [0.25, 0.3) is 5.89 Å². The van der Waals surface area contributed by atoms with Gasteiger partial charge >= 0.3 is 0 Å². The number of hydrogen-bond donors (Lipinski definition) is 1. The van der Waals surface area contributed by atoms with Gasteiger partial charge in [-0.3, -0.25) is 4.68 Å². The molecule has 2 N–H and O–H groups in total. The van der Waals surface area contributed by atoms with Crippen LogP contribution >= 0.6 is 0 Å². The summed E-state index contributed by atoms with van der Waals surface area (Å²) in [5, 5.41) is 8.24. The topological polar surface area (TPSA) is 82.8 Å². The number of fused-ring (bicyclic) bond motifs is 1. The van der Waals surface area contributed by atoms with Crippen LogP contribution in [0.15, 0.2) is 35.0 Å². The summed E-state index contributed by atoms with van der Waals surface area (Å²) in [7, 11) is 1.91. The molecule has 1 aliphatic rings. The van der Waals surface area contributed by atoms with E-state index in [0.29, 0.717) is 18.1 Å². The number of rotatable bonds is 3. The molecule has 6 heteroatoms. The van der Waals surface area contributed by atoms with E-state index >= 15 is 0 Å². The molecule has 0 bridgehead atoms. The van der Waals surface area contributed by atoms with Gasteiger partial charge in [0, 0.05) is 30.5 Å². The minimum absolute atomic E-state index is 0.149. The minimum Gasteiger partial charge on any atom is -0.334 e. The second kappa shape index (κ2) is 5.62. The van der Waals surface area contributed by atoms with Gasteiger partial charge in [0.05, 0.1) is 6.42 Å². The molecule has 0 spiro atoms. The predicted octanol–water partition coefficient (Wildman–Crippen LogP) is 2.40. The SMILES string of the molecule is Cn1nccc1Cc1noc(-c2ccc3c(c2)CCCC3N)n1. The fourth-order valence-electron chi connectivity index (χ4n) is 3.16. The van der Waals surface area contributed by atoms with Crippen LogP contribution in [0.3, 0.4) is 0 Å². The van der Waals surface area contributed by atoms with Crippen LogP contribution in [-0.2, 0) is 19.9 Å². The molecule has 1 atom stereocenters. The van der Waals surface area contributed by atoms with E-state index in [-0.39, 0.29) is 6.04 Å². The van der Waals surface area contributed by atoms with Gasteiger partial charge in [-0.1, -0.05) is 11.2 Å². The van der Waals surface area contributed by atoms with E-state index in [0.717, 1.165) is 30.5 Å². The number of nitrogens with two attached hydrogens (primary N) is 1. The van der Waals surface area contributed by atoms with Crippen molar-refractivity contribution in [1.29, 1.82) is 0 Å². The molecule has 3 aromatic rings. The van der Waals surface area contributed by atoms with Crippen LogP contribution in [0.25, 0.3) is 11.5 Å². The normalized spacial score (nSPS) is 17.2. The zero-order valence-corrected chi connectivity index (χ0v) is 13.1. The van der Waals surface area contributed by atoms with Crippen molar-refractivity contribution in [2.75, 3.05) is 0 Å². The lowest BCUT2D eigenvalue weighted by molar-refractivity contribution is 0.423. The van der Waals surface area contributed by atoms with Gasteiger partial charge in [0.2, 0.25) is 0 Å². The molecule has 1 unspecified atom stereocenters. The third-order valence-electron chi connectivity index (χ3n) is 4.48. The van der Waals surface area contributed by atoms with E-state index in [4.69, 9.17) is 10.3 Å². The largest absolute Gasteiger partial charge is 0.334 e. The Morgan fingerprint density at radius 2 is 2.26 bits per heavy atom. The fourth-order valence-corrected chi connectivity index (χ4v) is 3.16. The van der Waals surface area contributed by atoms with Crippen LogP contribution in [0.4, 0.5) is 0 Å². The molecule has 6 nitrogen and oxygen atoms in total. The molecular formula is C17H19N5O. The van der Waals surface area contributed by atoms with Crippen LogP contribution in [0.5, 0.6) is 0 Å². The van der Waals surface area contributed by atoms with Gasteiger partial charge in [-0.25, -0.2) is 0 Å². The van der Waals surface area contributed by atoms with E-state index < -0.39 is 0 Å². The van der Waals surface area contributed by atoms with Crippen LogP contribution in [0.1, 0.15) is 41.5 Å². The summed E-state index contributed by atoms with van der Waals surface area (Å²) < 4.78 is 7.25. The average Bonchev–Trinajstić information content (AvgIpc) is 3.18. The van der Waals surface area contributed by atoms with Crippen molar-refractivity contribution in [3.63, 3.8) is 0 Å². The Bertz CT molecular complexity index is 835. The van der Waals surface area contributed by atoms with E-state index in [1.165, 1.54) is 11.1 Å². The maximum Gasteiger partial charge on any atom is 0.257 e. The van der Waals surface area contributed by atoms with Crippen molar-refractivity contribution in [3.8, 4) is 11.5 Å². The zero-order valence-electron chi connectivity index (χ0n) is 13.1. The highest BCUT2D eigenvalue weighted by Crippen LogP contribution is 2.31. The Morgan fingerprint density at radius 3 is 3.09 bits per heavy atom. The fraction of sp³-hybridized carbons (Fsp3) is 0.353. The molecule has 0 amide bonds. The number of nitrogens with zero attached hydrogens (tertiary/aromatic N) is 4. The summed E-state index contributed by atoms with van der Waals surface area (Å²) >= 11 is 0. The highest BCUT2D eigenvalue weighted by Gasteiger charge is 2.18. The third-order valence-corrected chi connectivity index (χ3v) is 4.48. The van der Waals surface area contributed by atoms with Crippen molar-refractivity contribution in [2.24, 2.45) is 12.8 Å². The third kappa shape index (κ3) is 2.66. The Hall–Kier alpha value is -2.47. The molecule has 1 aliphatic carbocycles. The first-order chi connectivity index (χ1) is 11.2. The van der Waals surface area contributed by atoms with Crippen molar-refractivity contribution < 1.29 is 4.52 Å². The summed E-state index contributed by atoms with van der Waals surface area (Å²) in [5.41, 5.74) is 10.7. The molecule has 0 aliphatic heterocycles. The number of aryl methyl sites for hydroxylation is 2. The highest BCUT2D eigenvalue weighted by molar-refractivity contribution is 5.56. The zero-order chi connectivity index (χ0) is 15.8. The molecular weight excluding hydrogens is 290 g/mol. The Morgan fingerprint density at radius 1 is 1.35 bits per heavy atom. The first-order valence-corrected chi connectivity index (χ1v) is 7.89. The summed E-state index contributed by atoms with van der Waals surface area (Å²) in [6, 6.07) is 8.35. The Balaban J connectivity index is 1.60. The van der Waals surface area contributed by atoms with Crippen LogP contribution in [-0.4, -0.2) is 19.9 Å². The Kier molecular flexibility index (Phi) is 3.46. The van der Waals surface area contributed by atoms with Crippen LogP contribution in [0, 0.1) is 0 Å². The predicted molar refractivity (Wildman–Crippen MR) is 85.6 cm³/mol. The second-order valence-corrected chi connectivity index (χ2v) is 6.05. The van der Waals surface area contributed by atoms with Gasteiger partial charge in [-0.05, 0) is 48.6 Å². The lowest BCUT2D eigenvalue weighted by atomic mass is 9.87. The van der Waals surface area contributed by atoms with Gasteiger partial charge < -0.3 is 10.3 Å². The lowest BCUT2D eigenvalue weighted by Crippen LogP contribution is -2.17. The molecule has 0 saturated carbocycles. The summed E-state index contributed by atoms with van der Waals surface area (Å²) in [4.78, 5) is 4.51. The lowest BCUT2D eigenvalue weighted by Gasteiger charge is -2.22. The second-order valence-electron chi connectivity index (χ2n) is 6.05. The van der Waals surface area contributed by atoms with Crippen LogP contribution in [0.2, 0.25) is 0 Å². The van der Waals surface area contributed by atoms with Gasteiger partial charge in [0.1, 0.15) is 0 Å². The van der Waals surface area contributed by atoms with Crippen molar-refractivity contribution >= 4 is 0 Å². The molecule has 118 valence electrons. The Labute approximate surface area is 134 Å². The van der Waals surface area contributed by atoms with E-state index in [1.54, 1.807) is 6.20 Å². The minimum atomic E-state index is 0.149. The average molecular weight is 309 g/mol. The van der Waals surface area contributed by atoms with Crippen molar-refractivity contribution in [2.45, 2.75) is 31.7 Å². The first kappa shape index (κ1) is 14.1. The van der Waals surface area contributed by atoms with Crippen molar-refractivity contribution in [1.82, 2.24) is 19.9 Å². The molecule has 4 rings (SSSR count). The van der Waals surface area contributed by atoms with Gasteiger partial charge in [0.15, 0.2) is 5.82 Å². The molecule has 0 radical (unpaired) electrons. The molecule has 0 fully saturated rings. The van der Waals surface area contributed by atoms with E-state index in [2.05, 4.69) is 27.4 Å². The van der Waals surface area contributed by atoms with Gasteiger partial charge in [-0.2, -0.15) is 10.1 Å². The van der Waals surface area contributed by atoms with Crippen LogP contribution < -0.4 is 5.73 Å². The first-order valence-electron chi connectivity index (χ1n) is 7.89. The summed E-state index contributed by atoms with van der Waals surface area (Å²) in [6.07, 6.45) is 5.63. The monoisotopic (exact) mass is 309 g/mol. The van der Waals surface area contributed by atoms with Crippen molar-refractivity contribution in [3.05, 3.63) is 53.1 Å². The number of benzene rings is 1. The maximum atomic E-state index is 6.17. The molecule has 2 aromatic heterocycles. The van der Waals surface area contributed by atoms with E-state index in [1.807, 2.05) is 23.9 Å². The number of aromatic nitrogens is 4. The molecule has 1 aromatic carbocycles. The maximum absolute atomic E-state index is 6.17. The standard InChI is InChI=1S/C17H19N5O/c1-22-13(7-8-19-22)10-16-20-17(23-21-16)12-5-6-14-11(9-12)3-2-4-15(14)18/h5-9,15H,2-4,10,18H2,1H3. The number of hydrogen-bond acceptors (Lipinski definition) is 5. The smallest absolute Gasteiger partial charge is 0.257 e. The molecule has 23 heavy (non-hydrogen) atoms. The molecule has 0 saturated heterocycles. The quantitative estimate of drug-likeness (QED) is 0.803. The van der Waals surface area contributed by atoms with Gasteiger partial charge in [-0.15, -0.1) is 0 Å². The summed E-state index contributed by atoms with van der Waals surface area (Å²) in [6.45, 7) is 0. The highest BCUT2D eigenvalue weighted by atomic mass is 16.5. The molecule has 2 heterocycles.